The van der Waals surface area contributed by atoms with Crippen molar-refractivity contribution in [3.05, 3.63) is 92.6 Å². The van der Waals surface area contributed by atoms with Gasteiger partial charge < -0.3 is 15.2 Å². The van der Waals surface area contributed by atoms with Crippen LogP contribution in [-0.2, 0) is 18.3 Å². The topological polar surface area (TPSA) is 63.1 Å². The van der Waals surface area contributed by atoms with Crippen molar-refractivity contribution < 1.29 is 9.18 Å². The highest BCUT2D eigenvalue weighted by Crippen LogP contribution is 2.41. The molecule has 1 fully saturated rings. The second-order valence-corrected chi connectivity index (χ2v) is 9.29. The van der Waals surface area contributed by atoms with Crippen molar-refractivity contribution in [2.24, 2.45) is 7.05 Å². The Bertz CT molecular complexity index is 1260. The van der Waals surface area contributed by atoms with Gasteiger partial charge in [0.2, 0.25) is 5.91 Å². The molecule has 2 atom stereocenters. The molecule has 2 N–H and O–H groups in total. The van der Waals surface area contributed by atoms with Crippen molar-refractivity contribution in [2.75, 3.05) is 19.6 Å². The molecule has 4 rings (SSSR count). The van der Waals surface area contributed by atoms with Crippen LogP contribution < -0.4 is 16.2 Å². The number of aromatic nitrogens is 1. The Morgan fingerprint density at radius 3 is 2.74 bits per heavy atom. The maximum absolute atomic E-state index is 14.1. The Hall–Kier alpha value is -2.96. The van der Waals surface area contributed by atoms with Crippen LogP contribution in [0.25, 0.3) is 11.1 Å². The van der Waals surface area contributed by atoms with Crippen LogP contribution in [0.2, 0.25) is 5.02 Å². The highest BCUT2D eigenvalue weighted by atomic mass is 35.5. The van der Waals surface area contributed by atoms with Crippen LogP contribution in [0.4, 0.5) is 4.39 Å². The third kappa shape index (κ3) is 5.40. The molecule has 0 spiro atoms. The van der Waals surface area contributed by atoms with Gasteiger partial charge in [0.15, 0.2) is 0 Å². The lowest BCUT2D eigenvalue weighted by molar-refractivity contribution is -0.118. The van der Waals surface area contributed by atoms with E-state index in [0.717, 1.165) is 47.3 Å². The summed E-state index contributed by atoms with van der Waals surface area (Å²) in [7, 11) is 1.75. The smallest absolute Gasteiger partial charge is 0.250 e. The predicted octanol–water partition coefficient (Wildman–Crippen LogP) is 4.38. The molecule has 0 aliphatic carbocycles. The van der Waals surface area contributed by atoms with Gasteiger partial charge in [0.05, 0.1) is 0 Å². The van der Waals surface area contributed by atoms with Crippen molar-refractivity contribution in [1.29, 1.82) is 0 Å². The Morgan fingerprint density at radius 1 is 1.18 bits per heavy atom. The zero-order valence-corrected chi connectivity index (χ0v) is 20.2. The molecule has 7 heteroatoms. The monoisotopic (exact) mass is 481 g/mol. The number of benzene rings is 2. The molecule has 2 heterocycles. The van der Waals surface area contributed by atoms with E-state index in [1.807, 2.05) is 30.5 Å². The molecule has 5 nitrogen and oxygen atoms in total. The van der Waals surface area contributed by atoms with Gasteiger partial charge in [-0.1, -0.05) is 29.8 Å². The molecule has 0 saturated carbocycles. The number of hydrogen-bond acceptors (Lipinski definition) is 3. The van der Waals surface area contributed by atoms with Gasteiger partial charge in [-0.25, -0.2) is 4.39 Å². The van der Waals surface area contributed by atoms with Gasteiger partial charge >= 0.3 is 0 Å². The lowest BCUT2D eigenvalue weighted by Crippen LogP contribution is -2.34. The quantitative estimate of drug-likeness (QED) is 0.549. The molecule has 2 aromatic carbocycles. The van der Waals surface area contributed by atoms with E-state index in [0.29, 0.717) is 18.0 Å². The molecule has 0 bridgehead atoms. The first-order valence-electron chi connectivity index (χ1n) is 11.5. The lowest BCUT2D eigenvalue weighted by Gasteiger charge is -2.33. The summed E-state index contributed by atoms with van der Waals surface area (Å²) in [6.07, 6.45) is 3.31. The molecule has 1 aliphatic heterocycles. The zero-order chi connectivity index (χ0) is 24.2. The molecule has 0 radical (unpaired) electrons. The number of carbonyl (C=O) groups is 1. The number of nitrogens with zero attached hydrogens (tertiary/aromatic N) is 1. The maximum Gasteiger partial charge on any atom is 0.250 e. The Balaban J connectivity index is 1.65. The molecule has 1 saturated heterocycles. The standard InChI is InChI=1S/C27H29ClFN3O2/c1-17(33)31-11-7-18-3-5-21(29)15-24(18)19-4-6-23(26(28)13-19)25-16-30-10-8-22(25)20-9-12-32(2)27(34)14-20/h3-6,9,12-15,22,25,30H,7-8,10-11,16H2,1-2H3,(H,31,33). The Kier molecular flexibility index (Phi) is 7.49. The number of pyridine rings is 1. The zero-order valence-electron chi connectivity index (χ0n) is 19.4. The first-order chi connectivity index (χ1) is 16.3. The highest BCUT2D eigenvalue weighted by Gasteiger charge is 2.29. The number of carbonyl (C=O) groups excluding carboxylic acids is 1. The van der Waals surface area contributed by atoms with E-state index in [-0.39, 0.29) is 29.1 Å². The van der Waals surface area contributed by atoms with Crippen molar-refractivity contribution in [2.45, 2.75) is 31.6 Å². The van der Waals surface area contributed by atoms with Gasteiger partial charge in [-0.3, -0.25) is 9.59 Å². The van der Waals surface area contributed by atoms with E-state index in [1.54, 1.807) is 23.7 Å². The molecule has 178 valence electrons. The second-order valence-electron chi connectivity index (χ2n) is 8.89. The van der Waals surface area contributed by atoms with Crippen LogP contribution in [-0.4, -0.2) is 30.1 Å². The van der Waals surface area contributed by atoms with Gasteiger partial charge in [-0.05, 0) is 77.4 Å². The van der Waals surface area contributed by atoms with E-state index in [2.05, 4.69) is 10.6 Å². The summed E-state index contributed by atoms with van der Waals surface area (Å²) in [5, 5.41) is 6.87. The SMILES string of the molecule is CC(=O)NCCc1ccc(F)cc1-c1ccc(C2CNCCC2c2ccn(C)c(=O)c2)c(Cl)c1. The minimum atomic E-state index is -0.319. The lowest BCUT2D eigenvalue weighted by atomic mass is 9.77. The molecule has 3 aromatic rings. The van der Waals surface area contributed by atoms with Crippen molar-refractivity contribution in [3.63, 3.8) is 0 Å². The molecule has 34 heavy (non-hydrogen) atoms. The van der Waals surface area contributed by atoms with Crippen LogP contribution in [0, 0.1) is 5.82 Å². The van der Waals surface area contributed by atoms with Crippen LogP contribution in [0.15, 0.2) is 59.5 Å². The molecule has 1 amide bonds. The number of hydrogen-bond donors (Lipinski definition) is 2. The molecule has 1 aromatic heterocycles. The number of nitrogens with one attached hydrogen (secondary N) is 2. The number of amides is 1. The first kappa shape index (κ1) is 24.2. The van der Waals surface area contributed by atoms with Crippen LogP contribution in [0.1, 0.15) is 41.9 Å². The molecular weight excluding hydrogens is 453 g/mol. The van der Waals surface area contributed by atoms with Crippen molar-refractivity contribution in [3.8, 4) is 11.1 Å². The largest absolute Gasteiger partial charge is 0.356 e. The van der Waals surface area contributed by atoms with Gasteiger partial charge in [0.25, 0.3) is 5.56 Å². The number of piperidine rings is 1. The summed E-state index contributed by atoms with van der Waals surface area (Å²) in [5.41, 5.74) is 4.56. The third-order valence-electron chi connectivity index (χ3n) is 6.59. The summed E-state index contributed by atoms with van der Waals surface area (Å²) < 4.78 is 15.7. The van der Waals surface area contributed by atoms with E-state index in [4.69, 9.17) is 11.6 Å². The van der Waals surface area contributed by atoms with E-state index in [9.17, 15) is 14.0 Å². The van der Waals surface area contributed by atoms with Crippen molar-refractivity contribution >= 4 is 17.5 Å². The minimum Gasteiger partial charge on any atom is -0.356 e. The Labute approximate surface area is 204 Å². The molecule has 2 unspecified atom stereocenters. The minimum absolute atomic E-state index is 0.0193. The number of aryl methyl sites for hydroxylation is 1. The summed E-state index contributed by atoms with van der Waals surface area (Å²) >= 11 is 6.82. The summed E-state index contributed by atoms with van der Waals surface area (Å²) in [6.45, 7) is 3.60. The normalized spacial score (nSPS) is 18.0. The fourth-order valence-corrected chi connectivity index (χ4v) is 5.10. The summed E-state index contributed by atoms with van der Waals surface area (Å²) in [4.78, 5) is 23.5. The third-order valence-corrected chi connectivity index (χ3v) is 6.92. The molecular formula is C27H29ClFN3O2. The van der Waals surface area contributed by atoms with E-state index < -0.39 is 0 Å². The molecule has 1 aliphatic rings. The number of rotatable bonds is 6. The summed E-state index contributed by atoms with van der Waals surface area (Å²) in [6, 6.07) is 14.3. The van der Waals surface area contributed by atoms with Crippen LogP contribution in [0.5, 0.6) is 0 Å². The first-order valence-corrected chi connectivity index (χ1v) is 11.9. The van der Waals surface area contributed by atoms with E-state index >= 15 is 0 Å². The van der Waals surface area contributed by atoms with Gasteiger partial charge in [-0.15, -0.1) is 0 Å². The highest BCUT2D eigenvalue weighted by molar-refractivity contribution is 6.31. The van der Waals surface area contributed by atoms with Gasteiger partial charge in [0.1, 0.15) is 5.82 Å². The predicted molar refractivity (Wildman–Crippen MR) is 134 cm³/mol. The van der Waals surface area contributed by atoms with E-state index in [1.165, 1.54) is 19.1 Å². The van der Waals surface area contributed by atoms with Crippen LogP contribution in [0.3, 0.4) is 0 Å². The second kappa shape index (κ2) is 10.5. The average Bonchev–Trinajstić information content (AvgIpc) is 2.81. The van der Waals surface area contributed by atoms with Gasteiger partial charge in [0, 0.05) is 50.3 Å². The fourth-order valence-electron chi connectivity index (χ4n) is 4.78. The summed E-state index contributed by atoms with van der Waals surface area (Å²) in [5.74, 6) is -0.112. The Morgan fingerprint density at radius 2 is 2.00 bits per heavy atom. The van der Waals surface area contributed by atoms with Crippen molar-refractivity contribution in [1.82, 2.24) is 15.2 Å². The fraction of sp³-hybridized carbons (Fsp3) is 0.333. The van der Waals surface area contributed by atoms with Crippen LogP contribution >= 0.6 is 11.6 Å². The van der Waals surface area contributed by atoms with Gasteiger partial charge in [-0.2, -0.15) is 0 Å². The average molecular weight is 482 g/mol. The maximum atomic E-state index is 14.1. The number of halogens is 2.